The topological polar surface area (TPSA) is 98.6 Å². The molecule has 0 radical (unpaired) electrons. The molecule has 3 heterocycles. The molecule has 0 amide bonds. The van der Waals surface area contributed by atoms with Crippen LogP contribution in [0.4, 0.5) is 0 Å². The molecule has 0 unspecified atom stereocenters. The van der Waals surface area contributed by atoms with Crippen LogP contribution in [0.3, 0.4) is 0 Å². The average molecular weight is 566 g/mol. The summed E-state index contributed by atoms with van der Waals surface area (Å²) in [6, 6.07) is 7.88. The molecule has 11 heteroatoms. The van der Waals surface area contributed by atoms with E-state index in [2.05, 4.69) is 25.3 Å². The lowest BCUT2D eigenvalue weighted by molar-refractivity contribution is 0.0731. The van der Waals surface area contributed by atoms with Gasteiger partial charge in [0.15, 0.2) is 0 Å². The van der Waals surface area contributed by atoms with Gasteiger partial charge in [0.2, 0.25) is 9.84 Å². The number of fused-ring (bicyclic) bond motifs is 1. The molecule has 0 atom stereocenters. The smallest absolute Gasteiger partial charge is 0.252 e. The van der Waals surface area contributed by atoms with E-state index in [0.29, 0.717) is 24.6 Å². The summed E-state index contributed by atoms with van der Waals surface area (Å²) in [5, 5.41) is 0. The molecule has 202 valence electrons. The van der Waals surface area contributed by atoms with Crippen molar-refractivity contribution in [1.82, 2.24) is 13.9 Å². The maximum Gasteiger partial charge on any atom is 0.252 e. The molecule has 1 aliphatic heterocycles. The van der Waals surface area contributed by atoms with Crippen LogP contribution in [0.2, 0.25) is 0 Å². The number of nitrogens with zero attached hydrogens (tertiary/aromatic N) is 3. The van der Waals surface area contributed by atoms with Crippen molar-refractivity contribution in [3.63, 3.8) is 0 Å². The second kappa shape index (κ2) is 10.1. The number of aromatic nitrogens is 2. The third-order valence-electron chi connectivity index (χ3n) is 7.25. The minimum absolute atomic E-state index is 0.0105. The van der Waals surface area contributed by atoms with Gasteiger partial charge in [-0.3, -0.25) is 0 Å². The van der Waals surface area contributed by atoms with Crippen molar-refractivity contribution >= 4 is 42.2 Å². The van der Waals surface area contributed by atoms with Crippen LogP contribution in [-0.2, 0) is 36.6 Å². The molecule has 1 aliphatic carbocycles. The summed E-state index contributed by atoms with van der Waals surface area (Å²) in [4.78, 5) is 5.04. The Bertz CT molecular complexity index is 1490. The number of hydrogen-bond donors (Lipinski definition) is 0. The van der Waals surface area contributed by atoms with E-state index in [9.17, 15) is 16.8 Å². The normalized spacial score (nSPS) is 19.0. The molecule has 5 rings (SSSR count). The van der Waals surface area contributed by atoms with E-state index in [4.69, 9.17) is 9.72 Å². The largest absolute Gasteiger partial charge is 0.379 e. The minimum Gasteiger partial charge on any atom is -0.379 e. The van der Waals surface area contributed by atoms with Crippen LogP contribution in [0.25, 0.3) is 11.0 Å². The van der Waals surface area contributed by atoms with Crippen LogP contribution in [0, 0.1) is 5.92 Å². The third-order valence-corrected chi connectivity index (χ3v) is 12.9. The van der Waals surface area contributed by atoms with Gasteiger partial charge in [-0.25, -0.2) is 21.8 Å². The highest BCUT2D eigenvalue weighted by molar-refractivity contribution is 7.95. The lowest BCUT2D eigenvalue weighted by Crippen LogP contribution is -2.40. The summed E-state index contributed by atoms with van der Waals surface area (Å²) in [5.41, 5.74) is 1.40. The van der Waals surface area contributed by atoms with Gasteiger partial charge in [0, 0.05) is 25.0 Å². The van der Waals surface area contributed by atoms with Gasteiger partial charge < -0.3 is 9.30 Å². The van der Waals surface area contributed by atoms with Gasteiger partial charge in [0.25, 0.3) is 10.0 Å². The maximum absolute atomic E-state index is 13.5. The highest BCUT2D eigenvalue weighted by Crippen LogP contribution is 2.35. The van der Waals surface area contributed by atoms with Crippen LogP contribution < -0.4 is 0 Å². The summed E-state index contributed by atoms with van der Waals surface area (Å²) in [5.74, 6) is 1.56. The van der Waals surface area contributed by atoms with Crippen molar-refractivity contribution in [3.8, 4) is 0 Å². The Morgan fingerprint density at radius 1 is 0.973 bits per heavy atom. The monoisotopic (exact) mass is 565 g/mol. The molecule has 3 aromatic rings. The first-order valence-electron chi connectivity index (χ1n) is 12.9. The van der Waals surface area contributed by atoms with Crippen molar-refractivity contribution in [2.24, 2.45) is 5.92 Å². The highest BCUT2D eigenvalue weighted by atomic mass is 32.3. The van der Waals surface area contributed by atoms with Crippen LogP contribution in [0.15, 0.2) is 43.6 Å². The number of ether oxygens (including phenoxy) is 1. The standard InChI is InChI=1S/C26H35N3O5S3/c1-26(2,3)25-27-21-17-20(9-10-22(21)29(25)18-19-7-5-4-6-8-19)36(30,31)23-11-12-24(35-23)37(32,33)28-13-15-34-16-14-28/h9-12,17,19H,4-8,13-16,18H2,1-3H3. The van der Waals surface area contributed by atoms with E-state index in [1.165, 1.54) is 48.5 Å². The highest BCUT2D eigenvalue weighted by Gasteiger charge is 2.31. The Balaban J connectivity index is 1.49. The Hall–Kier alpha value is -1.79. The second-order valence-electron chi connectivity index (χ2n) is 11.0. The molecule has 0 spiro atoms. The van der Waals surface area contributed by atoms with Crippen molar-refractivity contribution in [2.45, 2.75) is 78.1 Å². The number of hydrogen-bond acceptors (Lipinski definition) is 7. The second-order valence-corrected chi connectivity index (χ2v) is 16.5. The first-order chi connectivity index (χ1) is 17.5. The maximum atomic E-state index is 13.5. The Morgan fingerprint density at radius 2 is 1.65 bits per heavy atom. The van der Waals surface area contributed by atoms with Crippen LogP contribution in [0.5, 0.6) is 0 Å². The lowest BCUT2D eigenvalue weighted by atomic mass is 9.88. The SMILES string of the molecule is CC(C)(C)c1nc2cc(S(=O)(=O)c3ccc(S(=O)(=O)N4CCOCC4)s3)ccc2n1CC1CCCCC1. The van der Waals surface area contributed by atoms with E-state index < -0.39 is 19.9 Å². The molecule has 1 saturated heterocycles. The molecule has 1 aromatic carbocycles. The van der Waals surface area contributed by atoms with E-state index in [0.717, 1.165) is 29.2 Å². The van der Waals surface area contributed by atoms with Gasteiger partial charge in [-0.05, 0) is 49.1 Å². The van der Waals surface area contributed by atoms with Gasteiger partial charge in [-0.1, -0.05) is 40.0 Å². The fourth-order valence-corrected chi connectivity index (χ4v) is 10.0. The van der Waals surface area contributed by atoms with Gasteiger partial charge in [0.1, 0.15) is 14.2 Å². The number of sulfonamides is 1. The van der Waals surface area contributed by atoms with E-state index in [1.54, 1.807) is 12.1 Å². The van der Waals surface area contributed by atoms with E-state index >= 15 is 0 Å². The zero-order valence-corrected chi connectivity index (χ0v) is 24.1. The summed E-state index contributed by atoms with van der Waals surface area (Å²) >= 11 is 0.793. The van der Waals surface area contributed by atoms with Crippen molar-refractivity contribution in [1.29, 1.82) is 0 Å². The molecule has 2 aliphatic rings. The minimum atomic E-state index is -3.91. The summed E-state index contributed by atoms with van der Waals surface area (Å²) in [7, 11) is -7.66. The molecule has 2 aromatic heterocycles. The first kappa shape index (κ1) is 26.8. The molecule has 8 nitrogen and oxygen atoms in total. The quantitative estimate of drug-likeness (QED) is 0.425. The molecule has 1 saturated carbocycles. The predicted octanol–water partition coefficient (Wildman–Crippen LogP) is 4.83. The summed E-state index contributed by atoms with van der Waals surface area (Å²) < 4.78 is 62.0. The molecule has 0 N–H and O–H groups in total. The number of imidazole rings is 1. The number of morpholine rings is 1. The van der Waals surface area contributed by atoms with Crippen LogP contribution in [-0.4, -0.2) is 57.0 Å². The van der Waals surface area contributed by atoms with Crippen LogP contribution in [0.1, 0.15) is 58.7 Å². The van der Waals surface area contributed by atoms with Crippen molar-refractivity contribution < 1.29 is 21.6 Å². The van der Waals surface area contributed by atoms with Crippen LogP contribution >= 0.6 is 11.3 Å². The lowest BCUT2D eigenvalue weighted by Gasteiger charge is -2.26. The van der Waals surface area contributed by atoms with Gasteiger partial charge in [0.05, 0.1) is 29.1 Å². The van der Waals surface area contributed by atoms with Gasteiger partial charge >= 0.3 is 0 Å². The fourth-order valence-electron chi connectivity index (χ4n) is 5.28. The Morgan fingerprint density at radius 3 is 2.32 bits per heavy atom. The zero-order valence-electron chi connectivity index (χ0n) is 21.6. The van der Waals surface area contributed by atoms with Gasteiger partial charge in [-0.2, -0.15) is 4.31 Å². The fraction of sp³-hybridized carbons (Fsp3) is 0.577. The molecular weight excluding hydrogens is 531 g/mol. The molecule has 0 bridgehead atoms. The number of sulfone groups is 1. The average Bonchev–Trinajstić information content (AvgIpc) is 3.52. The number of benzene rings is 1. The Kier molecular flexibility index (Phi) is 7.29. The summed E-state index contributed by atoms with van der Waals surface area (Å²) in [6.45, 7) is 8.47. The van der Waals surface area contributed by atoms with Crippen molar-refractivity contribution in [2.75, 3.05) is 26.3 Å². The third kappa shape index (κ3) is 5.25. The molecule has 37 heavy (non-hydrogen) atoms. The first-order valence-corrected chi connectivity index (χ1v) is 16.7. The van der Waals surface area contributed by atoms with E-state index in [1.807, 2.05) is 6.07 Å². The molecular formula is C26H35N3O5S3. The number of thiophene rings is 1. The molecule has 2 fully saturated rings. The Labute approximate surface area is 223 Å². The van der Waals surface area contributed by atoms with E-state index in [-0.39, 0.29) is 31.8 Å². The van der Waals surface area contributed by atoms with Crippen molar-refractivity contribution in [3.05, 3.63) is 36.2 Å². The summed E-state index contributed by atoms with van der Waals surface area (Å²) in [6.07, 6.45) is 6.24. The van der Waals surface area contributed by atoms with Gasteiger partial charge in [-0.15, -0.1) is 11.3 Å². The zero-order chi connectivity index (χ0) is 26.4. The number of rotatable bonds is 6. The predicted molar refractivity (Wildman–Crippen MR) is 144 cm³/mol.